The zero-order valence-electron chi connectivity index (χ0n) is 17.3. The Morgan fingerprint density at radius 1 is 1.10 bits per heavy atom. The highest BCUT2D eigenvalue weighted by molar-refractivity contribution is 7.80. The SMILES string of the molecule is C[C@]12CCC(=O)C=C1CC[C@@H]1[C@@H]2CC[C@@]2(C)[C@H]1CC[C@]2(O)[C@@](C)(O)OS(=O)(=O)O. The van der Waals surface area contributed by atoms with Gasteiger partial charge in [-0.15, -0.1) is 0 Å². The Kier molecular flexibility index (Phi) is 4.70. The first-order chi connectivity index (χ1) is 13.2. The van der Waals surface area contributed by atoms with Crippen molar-refractivity contribution in [3.05, 3.63) is 11.6 Å². The zero-order valence-corrected chi connectivity index (χ0v) is 18.2. The van der Waals surface area contributed by atoms with Crippen molar-refractivity contribution in [3.8, 4) is 0 Å². The number of carbonyl (C=O) groups excluding carboxylic acids is 1. The Morgan fingerprint density at radius 2 is 1.76 bits per heavy atom. The second-order valence-electron chi connectivity index (χ2n) is 10.3. The van der Waals surface area contributed by atoms with E-state index in [1.807, 2.05) is 13.0 Å². The van der Waals surface area contributed by atoms with E-state index in [-0.39, 0.29) is 23.5 Å². The summed E-state index contributed by atoms with van der Waals surface area (Å²) >= 11 is 0. The molecule has 0 radical (unpaired) electrons. The number of aliphatic hydroxyl groups is 2. The van der Waals surface area contributed by atoms with E-state index < -0.39 is 27.2 Å². The zero-order chi connectivity index (χ0) is 21.5. The predicted molar refractivity (Wildman–Crippen MR) is 105 cm³/mol. The van der Waals surface area contributed by atoms with Crippen LogP contribution in [-0.4, -0.2) is 40.4 Å². The van der Waals surface area contributed by atoms with Crippen molar-refractivity contribution in [3.63, 3.8) is 0 Å². The van der Waals surface area contributed by atoms with E-state index in [9.17, 15) is 23.4 Å². The van der Waals surface area contributed by atoms with Crippen LogP contribution < -0.4 is 0 Å². The average Bonchev–Trinajstić information content (AvgIpc) is 2.87. The van der Waals surface area contributed by atoms with Crippen LogP contribution in [0.5, 0.6) is 0 Å². The first kappa shape index (κ1) is 21.4. The number of hydrogen-bond donors (Lipinski definition) is 3. The number of fused-ring (bicyclic) bond motifs is 5. The molecule has 8 heteroatoms. The second kappa shape index (κ2) is 6.36. The van der Waals surface area contributed by atoms with Crippen LogP contribution in [0.25, 0.3) is 0 Å². The fourth-order valence-electron chi connectivity index (χ4n) is 7.61. The molecule has 0 saturated heterocycles. The van der Waals surface area contributed by atoms with Crippen molar-refractivity contribution >= 4 is 16.2 Å². The molecular formula is C21H32O7S. The van der Waals surface area contributed by atoms with Crippen molar-refractivity contribution in [1.29, 1.82) is 0 Å². The number of rotatable bonds is 3. The molecule has 0 aromatic heterocycles. The minimum atomic E-state index is -4.93. The van der Waals surface area contributed by atoms with Gasteiger partial charge in [-0.25, -0.2) is 4.18 Å². The second-order valence-corrected chi connectivity index (χ2v) is 11.3. The predicted octanol–water partition coefficient (Wildman–Crippen LogP) is 2.78. The van der Waals surface area contributed by atoms with Crippen molar-refractivity contribution in [2.24, 2.45) is 28.6 Å². The van der Waals surface area contributed by atoms with Crippen LogP contribution in [0.3, 0.4) is 0 Å². The Balaban J connectivity index is 1.67. The standard InChI is InChI=1S/C21H32O7S/c1-18-9-6-14(22)12-13(18)4-5-15-16(18)7-10-19(2)17(15)8-11-21(19,24)20(3,23)28-29(25,26)27/h12,15-17,23-24H,4-11H2,1-3H3,(H,25,26,27)/t15-,16+,17+,18+,19+,20+,21-/m1/s1. The number of carbonyl (C=O) groups is 1. The average molecular weight is 429 g/mol. The van der Waals surface area contributed by atoms with Gasteiger partial charge in [-0.1, -0.05) is 19.4 Å². The molecule has 0 aromatic rings. The highest BCUT2D eigenvalue weighted by Gasteiger charge is 2.70. The van der Waals surface area contributed by atoms with E-state index in [1.165, 1.54) is 5.57 Å². The third-order valence-electron chi connectivity index (χ3n) is 9.15. The first-order valence-corrected chi connectivity index (χ1v) is 12.0. The van der Waals surface area contributed by atoms with E-state index in [2.05, 4.69) is 11.1 Å². The molecule has 0 aromatic carbocycles. The molecule has 4 aliphatic carbocycles. The van der Waals surface area contributed by atoms with E-state index in [4.69, 9.17) is 4.55 Å². The van der Waals surface area contributed by atoms with Crippen LogP contribution in [0.2, 0.25) is 0 Å². The van der Waals surface area contributed by atoms with Crippen LogP contribution in [-0.2, 0) is 19.4 Å². The summed E-state index contributed by atoms with van der Waals surface area (Å²) in [7, 11) is -4.93. The quantitative estimate of drug-likeness (QED) is 0.467. The largest absolute Gasteiger partial charge is 0.400 e. The highest BCUT2D eigenvalue weighted by Crippen LogP contribution is 2.69. The third kappa shape index (κ3) is 2.97. The summed E-state index contributed by atoms with van der Waals surface area (Å²) in [5.41, 5.74) is -1.27. The molecule has 4 aliphatic rings. The number of hydrogen-bond acceptors (Lipinski definition) is 6. The molecule has 0 amide bonds. The smallest absolute Gasteiger partial charge is 0.384 e. The van der Waals surface area contributed by atoms with Gasteiger partial charge in [0, 0.05) is 11.8 Å². The van der Waals surface area contributed by atoms with Gasteiger partial charge in [0.1, 0.15) is 5.60 Å². The van der Waals surface area contributed by atoms with Crippen molar-refractivity contribution < 1.29 is 32.2 Å². The van der Waals surface area contributed by atoms with E-state index in [1.54, 1.807) is 0 Å². The lowest BCUT2D eigenvalue weighted by atomic mass is 9.46. The van der Waals surface area contributed by atoms with Gasteiger partial charge in [-0.3, -0.25) is 9.35 Å². The Morgan fingerprint density at radius 3 is 2.41 bits per heavy atom. The van der Waals surface area contributed by atoms with Crippen LogP contribution in [0.15, 0.2) is 11.6 Å². The minimum absolute atomic E-state index is 0.00762. The molecule has 0 unspecified atom stereocenters. The van der Waals surface area contributed by atoms with E-state index in [0.717, 1.165) is 32.6 Å². The van der Waals surface area contributed by atoms with E-state index >= 15 is 0 Å². The maximum absolute atomic E-state index is 11.9. The van der Waals surface area contributed by atoms with Crippen LogP contribution >= 0.6 is 0 Å². The summed E-state index contributed by atoms with van der Waals surface area (Å²) in [4.78, 5) is 11.9. The maximum Gasteiger partial charge on any atom is 0.400 e. The van der Waals surface area contributed by atoms with Gasteiger partial charge in [-0.05, 0) is 81.1 Å². The maximum atomic E-state index is 11.9. The monoisotopic (exact) mass is 428 g/mol. The van der Waals surface area contributed by atoms with Gasteiger partial charge in [0.05, 0.1) is 0 Å². The number of allylic oxidation sites excluding steroid dienone is 1. The third-order valence-corrected chi connectivity index (χ3v) is 9.68. The molecule has 3 N–H and O–H groups in total. The molecule has 3 saturated carbocycles. The lowest BCUT2D eigenvalue weighted by Crippen LogP contribution is -2.64. The van der Waals surface area contributed by atoms with Crippen molar-refractivity contribution in [2.45, 2.75) is 83.5 Å². The molecule has 4 rings (SSSR count). The molecule has 3 fully saturated rings. The molecule has 29 heavy (non-hydrogen) atoms. The van der Waals surface area contributed by atoms with Gasteiger partial charge in [0.25, 0.3) is 0 Å². The Bertz CT molecular complexity index is 862. The van der Waals surface area contributed by atoms with Gasteiger partial charge in [0.2, 0.25) is 5.79 Å². The number of ketones is 1. The molecular weight excluding hydrogens is 396 g/mol. The summed E-state index contributed by atoms with van der Waals surface area (Å²) < 4.78 is 36.3. The van der Waals surface area contributed by atoms with Gasteiger partial charge in [-0.2, -0.15) is 8.42 Å². The molecule has 0 spiro atoms. The summed E-state index contributed by atoms with van der Waals surface area (Å²) in [6, 6.07) is 0. The van der Waals surface area contributed by atoms with Crippen LogP contribution in [0, 0.1) is 28.6 Å². The molecule has 0 heterocycles. The van der Waals surface area contributed by atoms with Crippen molar-refractivity contribution in [1.82, 2.24) is 0 Å². The van der Waals surface area contributed by atoms with Gasteiger partial charge in [0.15, 0.2) is 5.78 Å². The molecule has 7 atom stereocenters. The van der Waals surface area contributed by atoms with Crippen LogP contribution in [0.4, 0.5) is 0 Å². The minimum Gasteiger partial charge on any atom is -0.384 e. The summed E-state index contributed by atoms with van der Waals surface area (Å²) in [5, 5.41) is 22.4. The fraction of sp³-hybridized carbons (Fsp3) is 0.857. The Hall–Kier alpha value is -0.800. The molecule has 0 bridgehead atoms. The lowest BCUT2D eigenvalue weighted by molar-refractivity contribution is -0.291. The van der Waals surface area contributed by atoms with Gasteiger partial charge < -0.3 is 10.2 Å². The van der Waals surface area contributed by atoms with Gasteiger partial charge >= 0.3 is 10.4 Å². The Labute approximate surface area is 172 Å². The van der Waals surface area contributed by atoms with E-state index in [0.29, 0.717) is 31.1 Å². The summed E-state index contributed by atoms with van der Waals surface area (Å²) in [6.07, 6.45) is 7.40. The fourth-order valence-corrected chi connectivity index (χ4v) is 8.16. The molecule has 164 valence electrons. The topological polar surface area (TPSA) is 121 Å². The summed E-state index contributed by atoms with van der Waals surface area (Å²) in [5.74, 6) is -1.36. The van der Waals surface area contributed by atoms with Crippen molar-refractivity contribution in [2.75, 3.05) is 0 Å². The molecule has 7 nitrogen and oxygen atoms in total. The highest BCUT2D eigenvalue weighted by atomic mass is 32.3. The summed E-state index contributed by atoms with van der Waals surface area (Å²) in [6.45, 7) is 5.31. The normalized spacial score (nSPS) is 46.9. The first-order valence-electron chi connectivity index (χ1n) is 10.6. The molecule has 0 aliphatic heterocycles. The lowest BCUT2D eigenvalue weighted by Gasteiger charge is -2.60. The van der Waals surface area contributed by atoms with Crippen LogP contribution in [0.1, 0.15) is 72.1 Å².